The molecule has 0 aromatic rings. The Labute approximate surface area is 74.7 Å². The van der Waals surface area contributed by atoms with Crippen LogP contribution in [0.3, 0.4) is 0 Å². The van der Waals surface area contributed by atoms with E-state index in [4.69, 9.17) is 0 Å². The maximum Gasteiger partial charge on any atom is 0 e. The van der Waals surface area contributed by atoms with E-state index in [2.05, 4.69) is 6.92 Å². The van der Waals surface area contributed by atoms with E-state index >= 15 is 0 Å². The summed E-state index contributed by atoms with van der Waals surface area (Å²) in [6.07, 6.45) is 3.86. The van der Waals surface area contributed by atoms with Crippen molar-refractivity contribution in [2.45, 2.75) is 26.2 Å². The summed E-state index contributed by atoms with van der Waals surface area (Å²) in [5.74, 6) is 0. The van der Waals surface area contributed by atoms with Crippen LogP contribution in [0.15, 0.2) is 0 Å². The van der Waals surface area contributed by atoms with Crippen LogP contribution in [-0.4, -0.2) is 25.1 Å². The number of carbonyl (C=O) groups excluding carboxylic acids is 1. The maximum absolute atomic E-state index is 9.56. The minimum atomic E-state index is 0. The van der Waals surface area contributed by atoms with Gasteiger partial charge >= 0.3 is 18.9 Å². The van der Waals surface area contributed by atoms with Gasteiger partial charge in [-0.25, -0.2) is 0 Å². The zero-order valence-electron chi connectivity index (χ0n) is 4.55. The smallest absolute Gasteiger partial charge is 0 e. The maximum atomic E-state index is 9.56. The summed E-state index contributed by atoms with van der Waals surface area (Å²) in [7, 11) is 0. The van der Waals surface area contributed by atoms with E-state index in [-0.39, 0.29) is 37.4 Å². The monoisotopic (exact) mass is 145 g/mol. The first kappa shape index (κ1) is 15.9. The summed E-state index contributed by atoms with van der Waals surface area (Å²) >= 11 is 0. The number of rotatable bonds is 3. The molecular formula is C5H11LiOV. The van der Waals surface area contributed by atoms with Gasteiger partial charge in [-0.1, -0.05) is 13.3 Å². The van der Waals surface area contributed by atoms with Gasteiger partial charge in [-0.3, -0.25) is 0 Å². The molecule has 3 heteroatoms. The van der Waals surface area contributed by atoms with Gasteiger partial charge in [0.05, 0.1) is 0 Å². The first-order chi connectivity index (χ1) is 2.91. The van der Waals surface area contributed by atoms with Gasteiger partial charge in [-0.05, 0) is 6.42 Å². The zero-order chi connectivity index (χ0) is 4.83. The van der Waals surface area contributed by atoms with Gasteiger partial charge in [-0.15, -0.1) is 0 Å². The van der Waals surface area contributed by atoms with E-state index in [0.717, 1.165) is 25.5 Å². The third-order valence-corrected chi connectivity index (χ3v) is 0.676. The molecule has 0 aliphatic heterocycles. The Morgan fingerprint density at radius 1 is 1.50 bits per heavy atom. The Morgan fingerprint density at radius 3 is 2.12 bits per heavy atom. The van der Waals surface area contributed by atoms with E-state index < -0.39 is 0 Å². The molecule has 43 valence electrons. The molecule has 0 fully saturated rings. The molecule has 0 aliphatic rings. The van der Waals surface area contributed by atoms with E-state index in [1.54, 1.807) is 0 Å². The molecule has 0 aromatic carbocycles. The van der Waals surface area contributed by atoms with E-state index in [1.165, 1.54) is 0 Å². The van der Waals surface area contributed by atoms with Crippen molar-refractivity contribution in [3.63, 3.8) is 0 Å². The normalized spacial score (nSPS) is 6.12. The summed E-state index contributed by atoms with van der Waals surface area (Å²) in [5.41, 5.74) is 0. The van der Waals surface area contributed by atoms with Crippen molar-refractivity contribution in [2.75, 3.05) is 0 Å². The van der Waals surface area contributed by atoms with Crippen LogP contribution in [0.5, 0.6) is 0 Å². The molecule has 0 aliphatic carbocycles. The molecule has 0 atom stereocenters. The molecule has 0 saturated heterocycles. The fraction of sp³-hybridized carbons (Fsp3) is 0.800. The zero-order valence-corrected chi connectivity index (χ0v) is 5.95. The first-order valence-corrected chi connectivity index (χ1v) is 2.35. The van der Waals surface area contributed by atoms with Crippen LogP contribution in [0.2, 0.25) is 0 Å². The molecule has 0 N–H and O–H groups in total. The van der Waals surface area contributed by atoms with Gasteiger partial charge < -0.3 is 4.79 Å². The van der Waals surface area contributed by atoms with Crippen molar-refractivity contribution in [1.82, 2.24) is 0 Å². The van der Waals surface area contributed by atoms with Crippen molar-refractivity contribution in [3.05, 3.63) is 0 Å². The van der Waals surface area contributed by atoms with E-state index in [0.29, 0.717) is 0 Å². The molecule has 0 amide bonds. The summed E-state index contributed by atoms with van der Waals surface area (Å²) < 4.78 is 0. The van der Waals surface area contributed by atoms with Gasteiger partial charge in [0, 0.05) is 25.0 Å². The average molecular weight is 145 g/mol. The number of carbonyl (C=O) groups is 1. The fourth-order valence-corrected chi connectivity index (χ4v) is 0.287. The Hall–Kier alpha value is 0.852. The number of aldehydes is 1. The topological polar surface area (TPSA) is 17.1 Å². The summed E-state index contributed by atoms with van der Waals surface area (Å²) in [4.78, 5) is 9.56. The largest absolute Gasteiger partial charge is 0 e. The Bertz CT molecular complexity index is 41.4. The number of hydrogen-bond acceptors (Lipinski definition) is 1. The Kier molecular flexibility index (Phi) is 31.2. The quantitative estimate of drug-likeness (QED) is 0.325. The molecule has 1 radical (unpaired) electrons. The van der Waals surface area contributed by atoms with E-state index in [1.807, 2.05) is 0 Å². The second kappa shape index (κ2) is 15.7. The molecule has 0 saturated carbocycles. The summed E-state index contributed by atoms with van der Waals surface area (Å²) in [6, 6.07) is 0. The molecule has 8 heavy (non-hydrogen) atoms. The molecule has 0 heterocycles. The third kappa shape index (κ3) is 15.8. The van der Waals surface area contributed by atoms with Crippen LogP contribution in [-0.2, 0) is 23.4 Å². The molecule has 0 rings (SSSR count). The van der Waals surface area contributed by atoms with Crippen LogP contribution in [0.25, 0.3) is 0 Å². The van der Waals surface area contributed by atoms with Crippen molar-refractivity contribution in [1.29, 1.82) is 0 Å². The predicted octanol–water partition coefficient (Wildman–Crippen LogP) is 0.724. The molecule has 0 spiro atoms. The van der Waals surface area contributed by atoms with E-state index in [9.17, 15) is 4.79 Å². The number of unbranched alkanes of at least 4 members (excludes halogenated alkanes) is 2. The summed E-state index contributed by atoms with van der Waals surface area (Å²) in [6.45, 7) is 2.07. The predicted molar refractivity (Wildman–Crippen MR) is 32.7 cm³/mol. The van der Waals surface area contributed by atoms with Crippen molar-refractivity contribution >= 4 is 25.1 Å². The Morgan fingerprint density at radius 2 is 2.00 bits per heavy atom. The fourth-order valence-electron chi connectivity index (χ4n) is 0.287. The van der Waals surface area contributed by atoms with Gasteiger partial charge in [0.2, 0.25) is 0 Å². The number of hydrogen-bond donors (Lipinski definition) is 0. The van der Waals surface area contributed by atoms with Gasteiger partial charge in [0.15, 0.2) is 0 Å². The third-order valence-electron chi connectivity index (χ3n) is 0.676. The standard InChI is InChI=1S/C5H10O.Li.V.H/c1-2-3-4-5-6;;;/h5H,2-4H2,1H3;;;. The first-order valence-electron chi connectivity index (χ1n) is 2.35. The van der Waals surface area contributed by atoms with Crippen LogP contribution >= 0.6 is 0 Å². The molecule has 1 nitrogen and oxygen atoms in total. The van der Waals surface area contributed by atoms with Gasteiger partial charge in [0.1, 0.15) is 6.29 Å². The summed E-state index contributed by atoms with van der Waals surface area (Å²) in [5, 5.41) is 0. The SMILES string of the molecule is CCCCC=O.[LiH].[V]. The molecular weight excluding hydrogens is 134 g/mol. The van der Waals surface area contributed by atoms with Crippen LogP contribution in [0, 0.1) is 0 Å². The van der Waals surface area contributed by atoms with Crippen LogP contribution in [0.1, 0.15) is 26.2 Å². The van der Waals surface area contributed by atoms with Crippen molar-refractivity contribution in [3.8, 4) is 0 Å². The van der Waals surface area contributed by atoms with Crippen molar-refractivity contribution < 1.29 is 23.4 Å². The molecule has 0 bridgehead atoms. The van der Waals surface area contributed by atoms with Crippen LogP contribution < -0.4 is 0 Å². The average Bonchev–Trinajstić information content (AvgIpc) is 1.61. The van der Waals surface area contributed by atoms with Crippen molar-refractivity contribution in [2.24, 2.45) is 0 Å². The Balaban J connectivity index is -0.000000125. The minimum Gasteiger partial charge on any atom is 0 e. The molecule has 0 unspecified atom stereocenters. The van der Waals surface area contributed by atoms with Gasteiger partial charge in [0.25, 0.3) is 0 Å². The second-order valence-corrected chi connectivity index (χ2v) is 1.31. The van der Waals surface area contributed by atoms with Crippen LogP contribution in [0.4, 0.5) is 0 Å². The second-order valence-electron chi connectivity index (χ2n) is 1.31. The molecule has 0 aromatic heterocycles. The van der Waals surface area contributed by atoms with Gasteiger partial charge in [-0.2, -0.15) is 0 Å². The minimum absolute atomic E-state index is 0.